The van der Waals surface area contributed by atoms with E-state index in [-0.39, 0.29) is 59.0 Å². The van der Waals surface area contributed by atoms with Crippen LogP contribution in [0.3, 0.4) is 0 Å². The smallest absolute Gasteiger partial charge is 0.317 e. The van der Waals surface area contributed by atoms with Crippen molar-refractivity contribution in [3.8, 4) is 0 Å². The van der Waals surface area contributed by atoms with Crippen molar-refractivity contribution in [3.63, 3.8) is 0 Å². The molecule has 436 valence electrons. The van der Waals surface area contributed by atoms with Crippen molar-refractivity contribution in [2.75, 3.05) is 26.4 Å². The maximum absolute atomic E-state index is 15.2. The van der Waals surface area contributed by atoms with Crippen LogP contribution < -0.4 is 0 Å². The van der Waals surface area contributed by atoms with Gasteiger partial charge < -0.3 is 109 Å². The molecule has 9 aliphatic rings. The first-order chi connectivity index (χ1) is 35.5. The number of carbonyl (C=O) groups is 1. The predicted octanol–water partition coefficient (Wildman–Crippen LogP) is -2.43. The van der Waals surface area contributed by atoms with Gasteiger partial charge in [-0.05, 0) is 103 Å². The summed E-state index contributed by atoms with van der Waals surface area (Å²) in [5.74, 6) is -0.998. The molecule has 76 heavy (non-hydrogen) atoms. The number of hydrogen-bond acceptors (Lipinski definition) is 23. The second-order valence-corrected chi connectivity index (χ2v) is 26.0. The van der Waals surface area contributed by atoms with Crippen molar-refractivity contribution in [3.05, 3.63) is 11.6 Å². The van der Waals surface area contributed by atoms with Crippen molar-refractivity contribution in [2.45, 2.75) is 235 Å². The van der Waals surface area contributed by atoms with E-state index in [4.69, 9.17) is 37.9 Å². The first-order valence-corrected chi connectivity index (χ1v) is 27.3. The van der Waals surface area contributed by atoms with Gasteiger partial charge in [0.15, 0.2) is 18.9 Å². The Hall–Kier alpha value is -1.63. The molecule has 0 spiro atoms. The minimum Gasteiger partial charge on any atom is -0.432 e. The highest BCUT2D eigenvalue weighted by molar-refractivity contribution is 5.80. The van der Waals surface area contributed by atoms with Gasteiger partial charge in [-0.1, -0.05) is 60.1 Å². The van der Waals surface area contributed by atoms with E-state index in [2.05, 4.69) is 54.5 Å². The molecule has 14 N–H and O–H groups in total. The summed E-state index contributed by atoms with van der Waals surface area (Å²) < 4.78 is 47.1. The number of fused-ring (bicyclic) bond motifs is 7. The Kier molecular flexibility index (Phi) is 16.5. The number of carbonyl (C=O) groups excluding carboxylic acids is 1. The third kappa shape index (κ3) is 9.46. The van der Waals surface area contributed by atoms with Crippen LogP contribution in [0.1, 0.15) is 106 Å². The van der Waals surface area contributed by atoms with Gasteiger partial charge in [-0.3, -0.25) is 4.79 Å². The highest BCUT2D eigenvalue weighted by atomic mass is 16.8. The molecule has 23 heteroatoms. The third-order valence-electron chi connectivity index (χ3n) is 21.0. The highest BCUT2D eigenvalue weighted by Crippen LogP contribution is 2.76. The van der Waals surface area contributed by atoms with Gasteiger partial charge in [0.05, 0.1) is 38.6 Å². The standard InChI is InChI=1S/C53H86O23/c1-48(2)14-15-53(47(68)76-45-41(67)37(63)35(61)27(73-45)21-70-46-42(38(64)34(60)26(19-55)72-46)75-44-40(66)36(62)33(59)25(18-54)71-44)23(16-48)22-8-9-29-50(5)12-11-31(74-43-39(65)32(58)24(56)20-69-43)49(3,4)28(50)10-13-51(29,6)52(22,7)17-30(53)57/h8,23-46,54-67H,9-21H2,1-7H3/t23-,24+,25+,26+,27+,28-,29+,30+,31-,32-,33+,34+,35+,36-,37-,38-,39+,40+,41+,42+,43-,44-,45-,46+,50-,51+,52+,53+/m0/s1. The fourth-order valence-electron chi connectivity index (χ4n) is 16.2. The van der Waals surface area contributed by atoms with Gasteiger partial charge in [0.1, 0.15) is 97.0 Å². The monoisotopic (exact) mass is 1090 g/mol. The Morgan fingerprint density at radius 1 is 0.605 bits per heavy atom. The van der Waals surface area contributed by atoms with Crippen LogP contribution in [0.25, 0.3) is 0 Å². The molecule has 4 saturated heterocycles. The lowest BCUT2D eigenvalue weighted by Gasteiger charge is -2.71. The van der Waals surface area contributed by atoms with Crippen LogP contribution in [-0.4, -0.2) is 233 Å². The van der Waals surface area contributed by atoms with E-state index in [9.17, 15) is 71.5 Å². The summed E-state index contributed by atoms with van der Waals surface area (Å²) in [6, 6.07) is 0. The van der Waals surface area contributed by atoms with Crippen LogP contribution in [0.4, 0.5) is 0 Å². The van der Waals surface area contributed by atoms with E-state index in [1.165, 1.54) is 0 Å². The Bertz CT molecular complexity index is 2090. The lowest BCUT2D eigenvalue weighted by Crippen LogP contribution is -2.68. The fourth-order valence-corrected chi connectivity index (χ4v) is 16.2. The van der Waals surface area contributed by atoms with Crippen molar-refractivity contribution in [2.24, 2.45) is 50.2 Å². The van der Waals surface area contributed by atoms with E-state index in [0.717, 1.165) is 24.8 Å². The minimum absolute atomic E-state index is 0.154. The Morgan fingerprint density at radius 3 is 1.86 bits per heavy atom. The lowest BCUT2D eigenvalue weighted by molar-refractivity contribution is -0.372. The number of aliphatic hydroxyl groups excluding tert-OH is 14. The van der Waals surface area contributed by atoms with Crippen LogP contribution in [0.2, 0.25) is 0 Å². The number of esters is 1. The molecule has 23 nitrogen and oxygen atoms in total. The summed E-state index contributed by atoms with van der Waals surface area (Å²) in [6.07, 6.45) is -25.7. The van der Waals surface area contributed by atoms with E-state index in [1.807, 2.05) is 0 Å². The zero-order valence-electron chi connectivity index (χ0n) is 44.6. The van der Waals surface area contributed by atoms with Crippen molar-refractivity contribution >= 4 is 5.97 Å². The zero-order valence-corrected chi connectivity index (χ0v) is 44.6. The molecule has 9 rings (SSSR count). The van der Waals surface area contributed by atoms with Gasteiger partial charge in [-0.15, -0.1) is 0 Å². The van der Waals surface area contributed by atoms with Crippen LogP contribution >= 0.6 is 0 Å². The van der Waals surface area contributed by atoms with Crippen LogP contribution in [-0.2, 0) is 42.7 Å². The highest BCUT2D eigenvalue weighted by Gasteiger charge is 2.72. The molecule has 0 aromatic carbocycles. The quantitative estimate of drug-likeness (QED) is 0.0581. The molecule has 0 amide bonds. The van der Waals surface area contributed by atoms with Crippen molar-refractivity contribution < 1.29 is 114 Å². The lowest BCUT2D eigenvalue weighted by atomic mass is 9.33. The van der Waals surface area contributed by atoms with Gasteiger partial charge in [0, 0.05) is 0 Å². The van der Waals surface area contributed by atoms with E-state index < -0.39 is 165 Å². The van der Waals surface area contributed by atoms with Gasteiger partial charge in [-0.25, -0.2) is 0 Å². The Balaban J connectivity index is 0.935. The van der Waals surface area contributed by atoms with Crippen LogP contribution in [0, 0.1) is 50.2 Å². The summed E-state index contributed by atoms with van der Waals surface area (Å²) in [7, 11) is 0. The largest absolute Gasteiger partial charge is 0.432 e. The molecule has 5 aliphatic carbocycles. The minimum atomic E-state index is -1.98. The SMILES string of the molecule is CC1(C)CC[C@]2(C(=O)O[C@@H]3O[C@H](CO[C@@H]4O[C@H](CO)[C@@H](O)[C@H](O)[C@H]4O[C@@H]4O[C@H](CO)[C@@H](O)[C@H](O)[C@H]4O)[C@@H](O)[C@H](O)[C@H]3O)[C@H](O)C[C@]3(C)C(=CC[C@@H]4[C@@]5(C)CC[C@H](O[C@@H]6OC[C@@H](O)[C@H](O)[C@H]6O)C(C)(C)[C@@H]5CC[C@]43C)[C@@H]2C1. The van der Waals surface area contributed by atoms with Crippen molar-refractivity contribution in [1.82, 2.24) is 0 Å². The van der Waals surface area contributed by atoms with Gasteiger partial charge in [0.2, 0.25) is 6.29 Å². The average molecular weight is 1090 g/mol. The van der Waals surface area contributed by atoms with Gasteiger partial charge >= 0.3 is 5.97 Å². The zero-order chi connectivity index (χ0) is 55.6. The number of hydrogen-bond donors (Lipinski definition) is 14. The molecule has 0 radical (unpaired) electrons. The second kappa shape index (κ2) is 21.3. The molecular formula is C53H86O23. The fraction of sp³-hybridized carbons (Fsp3) is 0.943. The average Bonchev–Trinajstić information content (AvgIpc) is 3.39. The topological polar surface area (TPSA) is 374 Å². The second-order valence-electron chi connectivity index (χ2n) is 26.0. The van der Waals surface area contributed by atoms with E-state index >= 15 is 4.79 Å². The first kappa shape index (κ1) is 59.0. The molecule has 0 bridgehead atoms. The van der Waals surface area contributed by atoms with E-state index in [0.29, 0.717) is 25.7 Å². The molecule has 28 atom stereocenters. The number of rotatable bonds is 11. The summed E-state index contributed by atoms with van der Waals surface area (Å²) in [5.41, 5.74) is -2.16. The molecule has 0 unspecified atom stereocenters. The maximum atomic E-state index is 15.2. The van der Waals surface area contributed by atoms with Crippen LogP contribution in [0.15, 0.2) is 11.6 Å². The van der Waals surface area contributed by atoms with E-state index in [1.54, 1.807) is 0 Å². The number of allylic oxidation sites excluding steroid dienone is 2. The predicted molar refractivity (Wildman–Crippen MR) is 258 cm³/mol. The van der Waals surface area contributed by atoms with Gasteiger partial charge in [0.25, 0.3) is 0 Å². The summed E-state index contributed by atoms with van der Waals surface area (Å²) in [6.45, 7) is 13.1. The maximum Gasteiger partial charge on any atom is 0.317 e. The van der Waals surface area contributed by atoms with Gasteiger partial charge in [-0.2, -0.15) is 0 Å². The third-order valence-corrected chi connectivity index (χ3v) is 21.0. The number of aliphatic hydroxyl groups is 14. The first-order valence-electron chi connectivity index (χ1n) is 27.3. The molecule has 0 aromatic rings. The molecular weight excluding hydrogens is 1000 g/mol. The number of ether oxygens (including phenoxy) is 8. The molecule has 0 aromatic heterocycles. The molecule has 4 aliphatic heterocycles. The summed E-state index contributed by atoms with van der Waals surface area (Å²) >= 11 is 0. The summed E-state index contributed by atoms with van der Waals surface area (Å²) in [5, 5.41) is 151. The molecule has 4 saturated carbocycles. The Morgan fingerprint density at radius 2 is 1.20 bits per heavy atom. The van der Waals surface area contributed by atoms with Crippen LogP contribution in [0.5, 0.6) is 0 Å². The Labute approximate surface area is 442 Å². The molecule has 4 heterocycles. The normalized spacial score (nSPS) is 54.0. The molecule has 8 fully saturated rings. The van der Waals surface area contributed by atoms with Crippen molar-refractivity contribution in [1.29, 1.82) is 0 Å². The summed E-state index contributed by atoms with van der Waals surface area (Å²) in [4.78, 5) is 15.2.